The Hall–Kier alpha value is -2.57. The minimum absolute atomic E-state index is 0.111. The minimum Gasteiger partial charge on any atom is -0.495 e. The number of hydrogen-bond donors (Lipinski definition) is 2. The first-order chi connectivity index (χ1) is 10.1. The molecule has 1 fully saturated rings. The van der Waals surface area contributed by atoms with Crippen molar-refractivity contribution in [3.05, 3.63) is 40.1 Å². The van der Waals surface area contributed by atoms with Crippen molar-refractivity contribution in [3.63, 3.8) is 0 Å². The second-order valence-electron chi connectivity index (χ2n) is 4.75. The molecule has 2 N–H and O–H groups in total. The average molecular weight is 291 g/mol. The highest BCUT2D eigenvalue weighted by molar-refractivity contribution is 5.92. The van der Waals surface area contributed by atoms with Crippen LogP contribution >= 0.6 is 0 Å². The summed E-state index contributed by atoms with van der Waals surface area (Å²) in [6.45, 7) is 0. The lowest BCUT2D eigenvalue weighted by Crippen LogP contribution is -2.24. The van der Waals surface area contributed by atoms with E-state index in [4.69, 9.17) is 4.74 Å². The van der Waals surface area contributed by atoms with E-state index < -0.39 is 11.0 Å². The first kappa shape index (κ1) is 14.8. The molecule has 112 valence electrons. The van der Waals surface area contributed by atoms with Crippen LogP contribution in [0.25, 0.3) is 0 Å². The number of urea groups is 1. The number of allylic oxidation sites excluding steroid dienone is 1. The summed E-state index contributed by atoms with van der Waals surface area (Å²) in [7, 11) is 1.44. The van der Waals surface area contributed by atoms with Crippen molar-refractivity contribution in [2.24, 2.45) is 0 Å². The summed E-state index contributed by atoms with van der Waals surface area (Å²) >= 11 is 0. The van der Waals surface area contributed by atoms with E-state index in [1.54, 1.807) is 6.20 Å². The zero-order valence-electron chi connectivity index (χ0n) is 11.7. The maximum atomic E-state index is 11.8. The Morgan fingerprint density at radius 2 is 2.10 bits per heavy atom. The van der Waals surface area contributed by atoms with Gasteiger partial charge in [0.05, 0.1) is 17.7 Å². The van der Waals surface area contributed by atoms with Gasteiger partial charge in [0.25, 0.3) is 5.69 Å². The smallest absolute Gasteiger partial charge is 0.323 e. The van der Waals surface area contributed by atoms with Crippen LogP contribution in [0.2, 0.25) is 0 Å². The van der Waals surface area contributed by atoms with Crippen LogP contribution in [0.5, 0.6) is 5.75 Å². The van der Waals surface area contributed by atoms with E-state index in [-0.39, 0.29) is 11.4 Å². The number of nitrogens with one attached hydrogen (secondary N) is 2. The van der Waals surface area contributed by atoms with Gasteiger partial charge in [-0.15, -0.1) is 0 Å². The van der Waals surface area contributed by atoms with E-state index in [9.17, 15) is 14.9 Å². The van der Waals surface area contributed by atoms with Gasteiger partial charge < -0.3 is 15.4 Å². The van der Waals surface area contributed by atoms with Gasteiger partial charge in [0.2, 0.25) is 0 Å². The lowest BCUT2D eigenvalue weighted by molar-refractivity contribution is -0.384. The minimum atomic E-state index is -0.525. The number of carbonyl (C=O) groups is 1. The third kappa shape index (κ3) is 3.95. The van der Waals surface area contributed by atoms with Gasteiger partial charge in [0, 0.05) is 18.3 Å². The van der Waals surface area contributed by atoms with Crippen LogP contribution in [-0.2, 0) is 0 Å². The molecule has 0 saturated heterocycles. The van der Waals surface area contributed by atoms with Crippen LogP contribution in [-0.4, -0.2) is 18.1 Å². The third-order valence-corrected chi connectivity index (χ3v) is 3.30. The van der Waals surface area contributed by atoms with Crippen molar-refractivity contribution < 1.29 is 14.5 Å². The molecular weight excluding hydrogens is 274 g/mol. The number of ether oxygens (including phenoxy) is 1. The Morgan fingerprint density at radius 1 is 1.38 bits per heavy atom. The number of carbonyl (C=O) groups excluding carboxylic acids is 1. The number of benzene rings is 1. The fourth-order valence-electron chi connectivity index (χ4n) is 2.21. The largest absolute Gasteiger partial charge is 0.495 e. The average Bonchev–Trinajstić information content (AvgIpc) is 2.98. The Morgan fingerprint density at radius 3 is 2.71 bits per heavy atom. The molecule has 0 radical (unpaired) electrons. The highest BCUT2D eigenvalue weighted by atomic mass is 16.6. The molecule has 0 bridgehead atoms. The van der Waals surface area contributed by atoms with E-state index in [0.717, 1.165) is 25.7 Å². The number of anilines is 1. The lowest BCUT2D eigenvalue weighted by Gasteiger charge is -2.10. The third-order valence-electron chi connectivity index (χ3n) is 3.30. The number of methoxy groups -OCH3 is 1. The quantitative estimate of drug-likeness (QED) is 0.658. The van der Waals surface area contributed by atoms with Crippen LogP contribution in [0, 0.1) is 10.1 Å². The van der Waals surface area contributed by atoms with Gasteiger partial charge in [-0.1, -0.05) is 5.57 Å². The van der Waals surface area contributed by atoms with Gasteiger partial charge in [-0.05, 0) is 31.7 Å². The molecule has 1 aromatic carbocycles. The molecule has 7 nitrogen and oxygen atoms in total. The summed E-state index contributed by atoms with van der Waals surface area (Å²) in [5, 5.41) is 16.0. The fraction of sp³-hybridized carbons (Fsp3) is 0.357. The van der Waals surface area contributed by atoms with E-state index in [0.29, 0.717) is 5.75 Å². The Kier molecular flexibility index (Phi) is 4.76. The number of non-ortho nitro benzene ring substituents is 1. The predicted molar refractivity (Wildman–Crippen MR) is 78.4 cm³/mol. The summed E-state index contributed by atoms with van der Waals surface area (Å²) in [6.07, 6.45) is 5.99. The van der Waals surface area contributed by atoms with Crippen LogP contribution in [0.4, 0.5) is 16.2 Å². The molecule has 0 heterocycles. The number of rotatable bonds is 4. The van der Waals surface area contributed by atoms with Crippen molar-refractivity contribution in [2.75, 3.05) is 12.4 Å². The number of nitro groups is 1. The van der Waals surface area contributed by atoms with Gasteiger partial charge in [-0.2, -0.15) is 0 Å². The second-order valence-corrected chi connectivity index (χ2v) is 4.75. The molecule has 1 aromatic rings. The van der Waals surface area contributed by atoms with Gasteiger partial charge in [-0.25, -0.2) is 4.79 Å². The summed E-state index contributed by atoms with van der Waals surface area (Å²) < 4.78 is 5.08. The SMILES string of the molecule is COc1ccc([N+](=O)[O-])cc1NC(=O)NC=C1CCCC1. The Labute approximate surface area is 122 Å². The first-order valence-corrected chi connectivity index (χ1v) is 6.68. The maximum absolute atomic E-state index is 11.8. The highest BCUT2D eigenvalue weighted by Crippen LogP contribution is 2.28. The van der Waals surface area contributed by atoms with Crippen molar-refractivity contribution in [3.8, 4) is 5.75 Å². The normalized spacial score (nSPS) is 13.7. The number of amides is 2. The van der Waals surface area contributed by atoms with Crippen molar-refractivity contribution in [2.45, 2.75) is 25.7 Å². The highest BCUT2D eigenvalue weighted by Gasteiger charge is 2.13. The van der Waals surface area contributed by atoms with Crippen LogP contribution in [0.15, 0.2) is 30.0 Å². The standard InChI is InChI=1S/C14H17N3O4/c1-21-13-7-6-11(17(19)20)8-12(13)16-14(18)15-9-10-4-2-3-5-10/h6-9H,2-5H2,1H3,(H2,15,16,18). The van der Waals surface area contributed by atoms with E-state index >= 15 is 0 Å². The van der Waals surface area contributed by atoms with Gasteiger partial charge in [-0.3, -0.25) is 10.1 Å². The number of hydrogen-bond acceptors (Lipinski definition) is 4. The summed E-state index contributed by atoms with van der Waals surface area (Å²) in [5.41, 5.74) is 1.35. The second kappa shape index (κ2) is 6.74. The monoisotopic (exact) mass is 291 g/mol. The summed E-state index contributed by atoms with van der Waals surface area (Å²) in [4.78, 5) is 22.1. The van der Waals surface area contributed by atoms with E-state index in [2.05, 4.69) is 10.6 Å². The zero-order valence-corrected chi connectivity index (χ0v) is 11.7. The molecule has 7 heteroatoms. The van der Waals surface area contributed by atoms with Crippen LogP contribution in [0.3, 0.4) is 0 Å². The predicted octanol–water partition coefficient (Wildman–Crippen LogP) is 3.18. The summed E-state index contributed by atoms with van der Waals surface area (Å²) in [6, 6.07) is 3.58. The molecule has 0 aromatic heterocycles. The summed E-state index contributed by atoms with van der Waals surface area (Å²) in [5.74, 6) is 0.365. The van der Waals surface area contributed by atoms with E-state index in [1.807, 2.05) is 0 Å². The molecule has 1 aliphatic rings. The van der Waals surface area contributed by atoms with Gasteiger partial charge in [0.1, 0.15) is 5.75 Å². The van der Waals surface area contributed by atoms with Crippen molar-refractivity contribution in [1.82, 2.24) is 5.32 Å². The zero-order chi connectivity index (χ0) is 15.2. The number of nitrogens with zero attached hydrogens (tertiary/aromatic N) is 1. The molecule has 2 amide bonds. The van der Waals surface area contributed by atoms with Gasteiger partial charge >= 0.3 is 6.03 Å². The first-order valence-electron chi connectivity index (χ1n) is 6.68. The lowest BCUT2D eigenvalue weighted by atomic mass is 10.2. The van der Waals surface area contributed by atoms with Gasteiger partial charge in [0.15, 0.2) is 0 Å². The van der Waals surface area contributed by atoms with E-state index in [1.165, 1.54) is 30.9 Å². The maximum Gasteiger partial charge on any atom is 0.323 e. The molecule has 0 unspecified atom stereocenters. The Balaban J connectivity index is 2.06. The molecular formula is C14H17N3O4. The molecule has 1 saturated carbocycles. The topological polar surface area (TPSA) is 93.5 Å². The van der Waals surface area contributed by atoms with Crippen molar-refractivity contribution in [1.29, 1.82) is 0 Å². The van der Waals surface area contributed by atoms with Crippen molar-refractivity contribution >= 4 is 17.4 Å². The van der Waals surface area contributed by atoms with Crippen LogP contribution < -0.4 is 15.4 Å². The molecule has 21 heavy (non-hydrogen) atoms. The molecule has 0 spiro atoms. The van der Waals surface area contributed by atoms with Crippen LogP contribution in [0.1, 0.15) is 25.7 Å². The molecule has 2 rings (SSSR count). The molecule has 1 aliphatic carbocycles. The molecule has 0 atom stereocenters. The Bertz CT molecular complexity index is 576. The fourth-order valence-corrected chi connectivity index (χ4v) is 2.21. The molecule has 0 aliphatic heterocycles. The number of nitro benzene ring substituents is 1.